The van der Waals surface area contributed by atoms with E-state index in [2.05, 4.69) is 4.98 Å². The lowest BCUT2D eigenvalue weighted by Crippen LogP contribution is -2.22. The summed E-state index contributed by atoms with van der Waals surface area (Å²) in [5, 5.41) is 3.94. The van der Waals surface area contributed by atoms with Crippen LogP contribution in [-0.2, 0) is 4.79 Å². The van der Waals surface area contributed by atoms with Crippen LogP contribution in [0.4, 0.5) is 0 Å². The van der Waals surface area contributed by atoms with Crippen molar-refractivity contribution >= 4 is 40.6 Å². The molecule has 19 heavy (non-hydrogen) atoms. The average molecular weight is 293 g/mol. The summed E-state index contributed by atoms with van der Waals surface area (Å²) >= 11 is 2.89. The number of Topliss-reactive ketones (excluding diaryl/α,β-unsaturated/α-hetero) is 1. The Morgan fingerprint density at radius 1 is 1.37 bits per heavy atom. The van der Waals surface area contributed by atoms with Crippen LogP contribution < -0.4 is 14.8 Å². The number of H-pyrrole nitrogens is 1. The fraction of sp³-hybridized carbons (Fsp3) is 0.286. The van der Waals surface area contributed by atoms with E-state index in [9.17, 15) is 9.59 Å². The van der Waals surface area contributed by atoms with Crippen LogP contribution in [0.15, 0.2) is 21.6 Å². The highest BCUT2D eigenvalue weighted by atomic mass is 32.1. The van der Waals surface area contributed by atoms with Crippen molar-refractivity contribution in [3.63, 3.8) is 0 Å². The number of hydrogen-bond acceptors (Lipinski definition) is 4. The van der Waals surface area contributed by atoms with Crippen molar-refractivity contribution in [3.8, 4) is 0 Å². The summed E-state index contributed by atoms with van der Waals surface area (Å²) in [6.45, 7) is 5.57. The predicted molar refractivity (Wildman–Crippen MR) is 81.0 cm³/mol. The molecule has 0 saturated heterocycles. The van der Waals surface area contributed by atoms with Crippen LogP contribution in [0.5, 0.6) is 0 Å². The van der Waals surface area contributed by atoms with Gasteiger partial charge in [0.2, 0.25) is 0 Å². The molecule has 0 bridgehead atoms. The molecule has 100 valence electrons. The van der Waals surface area contributed by atoms with Crippen LogP contribution >= 0.6 is 22.7 Å². The van der Waals surface area contributed by atoms with Gasteiger partial charge in [-0.15, -0.1) is 11.3 Å². The van der Waals surface area contributed by atoms with Gasteiger partial charge < -0.3 is 4.98 Å². The van der Waals surface area contributed by atoms with Crippen LogP contribution in [0.2, 0.25) is 0 Å². The van der Waals surface area contributed by atoms with Crippen LogP contribution in [-0.4, -0.2) is 10.8 Å². The number of carbonyl (C=O) groups is 1. The van der Waals surface area contributed by atoms with Gasteiger partial charge in [0.1, 0.15) is 0 Å². The molecule has 2 aromatic heterocycles. The van der Waals surface area contributed by atoms with Crippen LogP contribution in [0.25, 0.3) is 12.2 Å². The molecule has 0 atom stereocenters. The van der Waals surface area contributed by atoms with Gasteiger partial charge in [0.25, 0.3) is 5.56 Å². The molecule has 3 nitrogen and oxygen atoms in total. The van der Waals surface area contributed by atoms with E-state index < -0.39 is 5.41 Å². The predicted octanol–water partition coefficient (Wildman–Crippen LogP) is 1.72. The van der Waals surface area contributed by atoms with Gasteiger partial charge in [0, 0.05) is 11.5 Å². The molecule has 0 spiro atoms. The van der Waals surface area contributed by atoms with Gasteiger partial charge in [-0.2, -0.15) is 11.3 Å². The molecule has 0 aliphatic carbocycles. The Morgan fingerprint density at radius 2 is 2.11 bits per heavy atom. The zero-order valence-electron chi connectivity index (χ0n) is 11.0. The molecular weight excluding hydrogens is 278 g/mol. The van der Waals surface area contributed by atoms with Gasteiger partial charge >= 0.3 is 0 Å². The van der Waals surface area contributed by atoms with Crippen molar-refractivity contribution in [1.82, 2.24) is 4.98 Å². The van der Waals surface area contributed by atoms with Gasteiger partial charge in [0.05, 0.1) is 9.20 Å². The lowest BCUT2D eigenvalue weighted by Gasteiger charge is -2.12. The largest absolute Gasteiger partial charge is 0.313 e. The summed E-state index contributed by atoms with van der Waals surface area (Å²) in [4.78, 5) is 26.4. The normalized spacial score (nSPS) is 14.1. The number of carbonyl (C=O) groups excluding carboxylic acids is 1. The molecule has 0 aliphatic rings. The first-order chi connectivity index (χ1) is 8.86. The van der Waals surface area contributed by atoms with Crippen molar-refractivity contribution in [1.29, 1.82) is 0 Å². The van der Waals surface area contributed by atoms with E-state index in [4.69, 9.17) is 0 Å². The highest BCUT2D eigenvalue weighted by molar-refractivity contribution is 7.08. The van der Waals surface area contributed by atoms with Crippen LogP contribution in [0.1, 0.15) is 26.3 Å². The van der Waals surface area contributed by atoms with E-state index in [1.165, 1.54) is 17.4 Å². The Morgan fingerprint density at radius 3 is 2.68 bits per heavy atom. The summed E-state index contributed by atoms with van der Waals surface area (Å²) in [6, 6.07) is 1.95. The third-order valence-corrected chi connectivity index (χ3v) is 4.19. The number of ketones is 1. The number of aromatic nitrogens is 1. The lowest BCUT2D eigenvalue weighted by atomic mass is 9.91. The zero-order chi connectivity index (χ0) is 14.0. The van der Waals surface area contributed by atoms with Crippen molar-refractivity contribution < 1.29 is 4.79 Å². The van der Waals surface area contributed by atoms with E-state index in [1.54, 1.807) is 11.3 Å². The molecule has 5 heteroatoms. The highest BCUT2D eigenvalue weighted by Crippen LogP contribution is 2.14. The third-order valence-electron chi connectivity index (χ3n) is 2.52. The molecule has 0 saturated carbocycles. The monoisotopic (exact) mass is 293 g/mol. The Kier molecular flexibility index (Phi) is 3.87. The molecule has 2 aromatic rings. The summed E-state index contributed by atoms with van der Waals surface area (Å²) < 4.78 is 1.22. The second kappa shape index (κ2) is 5.27. The number of thiophene rings is 1. The van der Waals surface area contributed by atoms with Crippen molar-refractivity contribution in [2.75, 3.05) is 0 Å². The number of nitrogens with one attached hydrogen (secondary N) is 1. The van der Waals surface area contributed by atoms with Crippen molar-refractivity contribution in [2.24, 2.45) is 5.41 Å². The quantitative estimate of drug-likeness (QED) is 0.916. The smallest absolute Gasteiger partial charge is 0.266 e. The van der Waals surface area contributed by atoms with Gasteiger partial charge in [-0.05, 0) is 28.5 Å². The summed E-state index contributed by atoms with van der Waals surface area (Å²) in [7, 11) is 0. The lowest BCUT2D eigenvalue weighted by molar-refractivity contribution is -0.119. The maximum absolute atomic E-state index is 11.9. The Labute approximate surface area is 118 Å². The van der Waals surface area contributed by atoms with E-state index in [0.717, 1.165) is 5.56 Å². The summed E-state index contributed by atoms with van der Waals surface area (Å²) in [5.41, 5.74) is 0.424. The first-order valence-electron chi connectivity index (χ1n) is 5.85. The average Bonchev–Trinajstić information content (AvgIpc) is 2.89. The van der Waals surface area contributed by atoms with Gasteiger partial charge in [0.15, 0.2) is 5.78 Å². The molecule has 0 fully saturated rings. The topological polar surface area (TPSA) is 49.9 Å². The van der Waals surface area contributed by atoms with E-state index in [1.807, 2.05) is 43.7 Å². The van der Waals surface area contributed by atoms with Crippen molar-refractivity contribution in [3.05, 3.63) is 41.9 Å². The van der Waals surface area contributed by atoms with Gasteiger partial charge in [-0.25, -0.2) is 0 Å². The summed E-state index contributed by atoms with van der Waals surface area (Å²) in [5.74, 6) is 0.00656. The summed E-state index contributed by atoms with van der Waals surface area (Å²) in [6.07, 6.45) is 3.34. The Balaban J connectivity index is 2.46. The maximum Gasteiger partial charge on any atom is 0.266 e. The van der Waals surface area contributed by atoms with Crippen molar-refractivity contribution in [2.45, 2.75) is 20.8 Å². The molecule has 0 radical (unpaired) electrons. The standard InChI is InChI=1S/C14H15NO2S2/c1-14(2,3)11(16)7-12-15-13(17)10(19-12)6-9-4-5-18-8-9/h4-8H,1-3H3,(H,15,17)/b10-6+,12-7+. The third kappa shape index (κ3) is 3.52. The number of rotatable bonds is 2. The molecule has 1 N–H and O–H groups in total. The number of aromatic amines is 1. The molecule has 0 unspecified atom stereocenters. The maximum atomic E-state index is 11.9. The van der Waals surface area contributed by atoms with Gasteiger partial charge in [-0.3, -0.25) is 9.59 Å². The Bertz CT molecular complexity index is 743. The van der Waals surface area contributed by atoms with E-state index >= 15 is 0 Å². The first-order valence-corrected chi connectivity index (χ1v) is 7.61. The zero-order valence-corrected chi connectivity index (χ0v) is 12.7. The molecule has 0 aliphatic heterocycles. The van der Waals surface area contributed by atoms with Crippen LogP contribution in [0.3, 0.4) is 0 Å². The minimum Gasteiger partial charge on any atom is -0.313 e. The second-order valence-corrected chi connectivity index (χ2v) is 7.11. The number of thiazole rings is 1. The minimum absolute atomic E-state index is 0.00656. The first kappa shape index (κ1) is 14.0. The molecule has 0 aromatic carbocycles. The molecular formula is C14H15NO2S2. The van der Waals surface area contributed by atoms with E-state index in [-0.39, 0.29) is 11.3 Å². The molecule has 0 amide bonds. The molecule has 2 rings (SSSR count). The molecule has 2 heterocycles. The number of hydrogen-bond donors (Lipinski definition) is 1. The van der Waals surface area contributed by atoms with Crippen LogP contribution in [0, 0.1) is 5.41 Å². The second-order valence-electron chi connectivity index (χ2n) is 5.24. The fourth-order valence-electron chi connectivity index (χ4n) is 1.37. The SMILES string of the molecule is CC(C)(C)C(=O)/C=c1\[nH]c(=O)/c(=C\c2ccsc2)s1. The fourth-order valence-corrected chi connectivity index (χ4v) is 2.87. The Hall–Kier alpha value is -1.46. The minimum atomic E-state index is -0.432. The van der Waals surface area contributed by atoms with E-state index in [0.29, 0.717) is 9.20 Å². The highest BCUT2D eigenvalue weighted by Gasteiger charge is 2.18. The van der Waals surface area contributed by atoms with Gasteiger partial charge in [-0.1, -0.05) is 20.8 Å².